The van der Waals surface area contributed by atoms with Crippen molar-refractivity contribution in [3.05, 3.63) is 0 Å². The molecule has 1 nitrogen and oxygen atoms in total. The van der Waals surface area contributed by atoms with Gasteiger partial charge in [0.05, 0.1) is 0 Å². The van der Waals surface area contributed by atoms with Crippen LogP contribution in [0.4, 0.5) is 30.7 Å². The molecular formula is C6H9ClF7N. The second kappa shape index (κ2) is 3.97. The van der Waals surface area contributed by atoms with E-state index < -0.39 is 23.6 Å². The molecule has 0 spiro atoms. The fourth-order valence-electron chi connectivity index (χ4n) is 0.603. The lowest BCUT2D eigenvalue weighted by Gasteiger charge is -2.34. The Labute approximate surface area is 87.2 Å². The van der Waals surface area contributed by atoms with Crippen molar-refractivity contribution in [1.29, 1.82) is 0 Å². The van der Waals surface area contributed by atoms with Gasteiger partial charge < -0.3 is 18.1 Å². The molecule has 0 aromatic carbocycles. The van der Waals surface area contributed by atoms with Crippen LogP contribution in [-0.4, -0.2) is 23.6 Å². The first-order valence-corrected chi connectivity index (χ1v) is 3.43. The predicted molar refractivity (Wildman–Crippen MR) is 32.9 cm³/mol. The van der Waals surface area contributed by atoms with Gasteiger partial charge in [-0.05, 0) is 13.8 Å². The van der Waals surface area contributed by atoms with E-state index in [0.29, 0.717) is 13.8 Å². The van der Waals surface area contributed by atoms with Gasteiger partial charge in [-0.3, -0.25) is 0 Å². The van der Waals surface area contributed by atoms with Crippen molar-refractivity contribution in [2.24, 2.45) is 0 Å². The van der Waals surface area contributed by atoms with Crippen LogP contribution in [0.1, 0.15) is 13.8 Å². The third kappa shape index (κ3) is 2.66. The van der Waals surface area contributed by atoms with Crippen molar-refractivity contribution in [1.82, 2.24) is 0 Å². The van der Waals surface area contributed by atoms with Gasteiger partial charge in [-0.1, -0.05) is 0 Å². The lowest BCUT2D eigenvalue weighted by atomic mass is 9.92. The van der Waals surface area contributed by atoms with Gasteiger partial charge in [0.25, 0.3) is 0 Å². The number of hydrogen-bond acceptors (Lipinski definition) is 0. The Balaban J connectivity index is 0. The molecule has 0 aliphatic heterocycles. The van der Waals surface area contributed by atoms with Crippen LogP contribution >= 0.6 is 0 Å². The summed E-state index contributed by atoms with van der Waals surface area (Å²) in [6.07, 6.45) is -6.29. The SMILES string of the molecule is CC(C)([NH3+])C(F)(F)C(F)(F)C(F)(F)F.[Cl-]. The zero-order valence-electron chi connectivity index (χ0n) is 7.73. The molecule has 3 N–H and O–H groups in total. The lowest BCUT2D eigenvalue weighted by molar-refractivity contribution is -0.538. The molecule has 0 aromatic heterocycles. The van der Waals surface area contributed by atoms with Crippen molar-refractivity contribution in [3.8, 4) is 0 Å². The highest BCUT2D eigenvalue weighted by Crippen LogP contribution is 2.49. The normalized spacial score (nSPS) is 14.8. The number of alkyl halides is 7. The minimum Gasteiger partial charge on any atom is -1.00 e. The van der Waals surface area contributed by atoms with Crippen molar-refractivity contribution >= 4 is 0 Å². The van der Waals surface area contributed by atoms with Crippen molar-refractivity contribution in [2.45, 2.75) is 37.4 Å². The minimum atomic E-state index is -6.29. The summed E-state index contributed by atoms with van der Waals surface area (Å²) >= 11 is 0. The maximum Gasteiger partial charge on any atom is 0.460 e. The van der Waals surface area contributed by atoms with E-state index in [9.17, 15) is 30.7 Å². The van der Waals surface area contributed by atoms with Gasteiger partial charge in [0.2, 0.25) is 0 Å². The van der Waals surface area contributed by atoms with Crippen LogP contribution < -0.4 is 18.1 Å². The molecule has 0 saturated carbocycles. The van der Waals surface area contributed by atoms with Crippen LogP contribution in [0.5, 0.6) is 0 Å². The molecular weight excluding hydrogens is 255 g/mol. The molecule has 0 aliphatic rings. The largest absolute Gasteiger partial charge is 1.00 e. The lowest BCUT2D eigenvalue weighted by Crippen LogP contribution is -3.00. The van der Waals surface area contributed by atoms with E-state index in [0.717, 1.165) is 0 Å². The summed E-state index contributed by atoms with van der Waals surface area (Å²) in [6, 6.07) is 0. The monoisotopic (exact) mass is 263 g/mol. The third-order valence-corrected chi connectivity index (χ3v) is 1.60. The molecule has 0 fully saturated rings. The van der Waals surface area contributed by atoms with Crippen LogP contribution in [0.3, 0.4) is 0 Å². The maximum absolute atomic E-state index is 12.7. The second-order valence-electron chi connectivity index (χ2n) is 3.53. The second-order valence-corrected chi connectivity index (χ2v) is 3.53. The van der Waals surface area contributed by atoms with Gasteiger partial charge in [-0.25, -0.2) is 0 Å². The van der Waals surface area contributed by atoms with Gasteiger partial charge in [0.15, 0.2) is 5.54 Å². The molecule has 0 unspecified atom stereocenters. The van der Waals surface area contributed by atoms with Crippen LogP contribution in [-0.2, 0) is 0 Å². The Bertz CT molecular complexity index is 193. The molecule has 0 aromatic rings. The highest BCUT2D eigenvalue weighted by molar-refractivity contribution is 4.99. The zero-order chi connectivity index (χ0) is 12.0. The Hall–Kier alpha value is -0.240. The highest BCUT2D eigenvalue weighted by atomic mass is 35.5. The highest BCUT2D eigenvalue weighted by Gasteiger charge is 2.78. The average Bonchev–Trinajstić information content (AvgIpc) is 1.81. The Kier molecular flexibility index (Phi) is 4.54. The molecule has 0 radical (unpaired) electrons. The fourth-order valence-corrected chi connectivity index (χ4v) is 0.603. The Morgan fingerprint density at radius 1 is 0.733 bits per heavy atom. The van der Waals surface area contributed by atoms with Crippen LogP contribution in [0.25, 0.3) is 0 Å². The standard InChI is InChI=1S/C6H8F7N.ClH/c1-3(2,14)4(7,8)5(9,10)6(11,12)13;/h14H2,1-2H3;1H. The van der Waals surface area contributed by atoms with Gasteiger partial charge in [-0.2, -0.15) is 30.7 Å². The summed E-state index contributed by atoms with van der Waals surface area (Å²) < 4.78 is 84.7. The van der Waals surface area contributed by atoms with Crippen LogP contribution in [0.2, 0.25) is 0 Å². The first-order chi connectivity index (χ1) is 5.75. The first kappa shape index (κ1) is 17.2. The van der Waals surface area contributed by atoms with E-state index in [-0.39, 0.29) is 12.4 Å². The summed E-state index contributed by atoms with van der Waals surface area (Å²) in [5.41, 5.74) is -0.124. The number of quaternary nitrogens is 1. The maximum atomic E-state index is 12.7. The van der Waals surface area contributed by atoms with E-state index in [1.807, 2.05) is 0 Å². The van der Waals surface area contributed by atoms with Gasteiger partial charge in [0, 0.05) is 0 Å². The Morgan fingerprint density at radius 2 is 1.00 bits per heavy atom. The van der Waals surface area contributed by atoms with Gasteiger partial charge >= 0.3 is 18.0 Å². The van der Waals surface area contributed by atoms with E-state index in [1.165, 1.54) is 0 Å². The van der Waals surface area contributed by atoms with Crippen molar-refractivity contribution in [2.75, 3.05) is 0 Å². The molecule has 0 amide bonds. The topological polar surface area (TPSA) is 27.6 Å². The van der Waals surface area contributed by atoms with E-state index in [4.69, 9.17) is 0 Å². The predicted octanol–water partition coefficient (Wildman–Crippen LogP) is -1.16. The summed E-state index contributed by atoms with van der Waals surface area (Å²) in [5, 5.41) is 0. The first-order valence-electron chi connectivity index (χ1n) is 3.43. The van der Waals surface area contributed by atoms with E-state index >= 15 is 0 Å². The van der Waals surface area contributed by atoms with Gasteiger partial charge in [0.1, 0.15) is 0 Å². The molecule has 0 saturated heterocycles. The molecule has 0 atom stereocenters. The molecule has 94 valence electrons. The number of hydrogen-bond donors (Lipinski definition) is 1. The molecule has 0 heterocycles. The average molecular weight is 264 g/mol. The van der Waals surface area contributed by atoms with E-state index in [1.54, 1.807) is 0 Å². The summed E-state index contributed by atoms with van der Waals surface area (Å²) in [4.78, 5) is 0. The summed E-state index contributed by atoms with van der Waals surface area (Å²) in [7, 11) is 0. The summed E-state index contributed by atoms with van der Waals surface area (Å²) in [5.74, 6) is -11.3. The Morgan fingerprint density at radius 3 is 1.07 bits per heavy atom. The van der Waals surface area contributed by atoms with E-state index in [2.05, 4.69) is 5.73 Å². The van der Waals surface area contributed by atoms with Crippen LogP contribution in [0, 0.1) is 0 Å². The van der Waals surface area contributed by atoms with Crippen molar-refractivity contribution < 1.29 is 48.9 Å². The number of rotatable bonds is 2. The van der Waals surface area contributed by atoms with Crippen molar-refractivity contribution in [3.63, 3.8) is 0 Å². The zero-order valence-corrected chi connectivity index (χ0v) is 8.49. The molecule has 9 heteroatoms. The fraction of sp³-hybridized carbons (Fsp3) is 1.00. The molecule has 15 heavy (non-hydrogen) atoms. The van der Waals surface area contributed by atoms with Gasteiger partial charge in [-0.15, -0.1) is 0 Å². The third-order valence-electron chi connectivity index (χ3n) is 1.60. The smallest absolute Gasteiger partial charge is 0.460 e. The minimum absolute atomic E-state index is 0. The summed E-state index contributed by atoms with van der Waals surface area (Å²) in [6.45, 7) is 1.01. The molecule has 0 aliphatic carbocycles. The van der Waals surface area contributed by atoms with Crippen LogP contribution in [0.15, 0.2) is 0 Å². The quantitative estimate of drug-likeness (QED) is 0.609. The molecule has 0 bridgehead atoms. The number of halogens is 8. The molecule has 0 rings (SSSR count).